The fraction of sp³-hybridized carbons (Fsp3) is 0.316. The van der Waals surface area contributed by atoms with Crippen molar-refractivity contribution in [1.29, 1.82) is 0 Å². The van der Waals surface area contributed by atoms with Crippen molar-refractivity contribution in [2.24, 2.45) is 0 Å². The largest absolute Gasteiger partial charge is 0.483 e. The predicted molar refractivity (Wildman–Crippen MR) is 104 cm³/mol. The van der Waals surface area contributed by atoms with Gasteiger partial charge in [-0.3, -0.25) is 14.4 Å². The minimum Gasteiger partial charge on any atom is -0.483 e. The second-order valence-electron chi connectivity index (χ2n) is 6.14. The highest BCUT2D eigenvalue weighted by atomic mass is 35.5. The van der Waals surface area contributed by atoms with Gasteiger partial charge in [0.15, 0.2) is 12.4 Å². The molecule has 0 spiro atoms. The van der Waals surface area contributed by atoms with Gasteiger partial charge in [-0.15, -0.1) is 11.3 Å². The summed E-state index contributed by atoms with van der Waals surface area (Å²) in [6, 6.07) is 8.38. The van der Waals surface area contributed by atoms with Crippen molar-refractivity contribution in [3.05, 3.63) is 51.2 Å². The smallest absolute Gasteiger partial charge is 0.264 e. The van der Waals surface area contributed by atoms with Gasteiger partial charge in [0.2, 0.25) is 0 Å². The molecule has 0 radical (unpaired) electrons. The van der Waals surface area contributed by atoms with E-state index in [0.29, 0.717) is 47.4 Å². The topological polar surface area (TPSA) is 66.9 Å². The normalized spacial score (nSPS) is 14.1. The van der Waals surface area contributed by atoms with E-state index in [1.165, 1.54) is 24.3 Å². The van der Waals surface area contributed by atoms with Crippen LogP contribution in [0.5, 0.6) is 5.75 Å². The zero-order chi connectivity index (χ0) is 19.4. The Morgan fingerprint density at radius 3 is 2.44 bits per heavy atom. The molecule has 0 bridgehead atoms. The summed E-state index contributed by atoms with van der Waals surface area (Å²) in [5.41, 5.74) is 0.349. The fourth-order valence-electron chi connectivity index (χ4n) is 2.85. The molecule has 2 aromatic rings. The molecule has 1 fully saturated rings. The molecule has 8 heteroatoms. The van der Waals surface area contributed by atoms with E-state index in [1.54, 1.807) is 28.0 Å². The lowest BCUT2D eigenvalue weighted by Crippen LogP contribution is -2.51. The monoisotopic (exact) mass is 406 g/mol. The Bertz CT molecular complexity index is 845. The third-order valence-corrected chi connectivity index (χ3v) is 5.42. The third-order valence-electron chi connectivity index (χ3n) is 4.32. The quantitative estimate of drug-likeness (QED) is 0.716. The van der Waals surface area contributed by atoms with Gasteiger partial charge in [0.05, 0.1) is 10.4 Å². The lowest BCUT2D eigenvalue weighted by molar-refractivity contribution is -0.134. The van der Waals surface area contributed by atoms with E-state index >= 15 is 0 Å². The van der Waals surface area contributed by atoms with Crippen LogP contribution in [-0.4, -0.2) is 60.2 Å². The zero-order valence-corrected chi connectivity index (χ0v) is 16.4. The Balaban J connectivity index is 1.53. The number of Topliss-reactive ketones (excluding diaryl/α,β-unsaturated/α-hetero) is 1. The second kappa shape index (κ2) is 8.54. The number of piperazine rings is 1. The van der Waals surface area contributed by atoms with Gasteiger partial charge in [-0.1, -0.05) is 17.7 Å². The van der Waals surface area contributed by atoms with Crippen LogP contribution in [0, 0.1) is 0 Å². The van der Waals surface area contributed by atoms with Crippen LogP contribution in [-0.2, 0) is 4.79 Å². The summed E-state index contributed by atoms with van der Waals surface area (Å²) < 4.78 is 5.55. The highest BCUT2D eigenvalue weighted by Gasteiger charge is 2.25. The highest BCUT2D eigenvalue weighted by molar-refractivity contribution is 7.12. The van der Waals surface area contributed by atoms with Crippen molar-refractivity contribution < 1.29 is 19.1 Å². The van der Waals surface area contributed by atoms with Crippen LogP contribution in [0.2, 0.25) is 5.02 Å². The van der Waals surface area contributed by atoms with Crippen LogP contribution in [0.25, 0.3) is 0 Å². The van der Waals surface area contributed by atoms with Gasteiger partial charge in [-0.25, -0.2) is 0 Å². The van der Waals surface area contributed by atoms with Crippen molar-refractivity contribution in [3.63, 3.8) is 0 Å². The summed E-state index contributed by atoms with van der Waals surface area (Å²) in [7, 11) is 0. The first-order valence-corrected chi connectivity index (χ1v) is 9.75. The molecule has 3 rings (SSSR count). The molecule has 1 aliphatic heterocycles. The zero-order valence-electron chi connectivity index (χ0n) is 14.8. The van der Waals surface area contributed by atoms with E-state index in [4.69, 9.17) is 16.3 Å². The Morgan fingerprint density at radius 2 is 1.81 bits per heavy atom. The number of ketones is 1. The molecule has 142 valence electrons. The van der Waals surface area contributed by atoms with E-state index in [9.17, 15) is 14.4 Å². The molecule has 27 heavy (non-hydrogen) atoms. The highest BCUT2D eigenvalue weighted by Crippen LogP contribution is 2.23. The average Bonchev–Trinajstić information content (AvgIpc) is 3.21. The number of ether oxygens (including phenoxy) is 1. The number of amides is 2. The molecule has 6 nitrogen and oxygen atoms in total. The molecule has 2 amide bonds. The maximum absolute atomic E-state index is 12.4. The van der Waals surface area contributed by atoms with Crippen LogP contribution in [0.1, 0.15) is 27.0 Å². The summed E-state index contributed by atoms with van der Waals surface area (Å²) in [5.74, 6) is -0.0179. The molecule has 0 aliphatic carbocycles. The summed E-state index contributed by atoms with van der Waals surface area (Å²) in [6.45, 7) is 3.15. The summed E-state index contributed by atoms with van der Waals surface area (Å²) in [6.07, 6.45) is 0. The van der Waals surface area contributed by atoms with Crippen molar-refractivity contribution in [2.45, 2.75) is 6.92 Å². The molecule has 2 heterocycles. The van der Waals surface area contributed by atoms with Crippen molar-refractivity contribution in [1.82, 2.24) is 9.80 Å². The maximum atomic E-state index is 12.4. The van der Waals surface area contributed by atoms with Gasteiger partial charge in [-0.2, -0.15) is 0 Å². The number of hydrogen-bond acceptors (Lipinski definition) is 5. The fourth-order valence-corrected chi connectivity index (χ4v) is 3.71. The SMILES string of the molecule is CC(=O)c1cc(Cl)ccc1OCC(=O)N1CCN(C(=O)c2cccs2)CC1. The number of carbonyl (C=O) groups is 3. The predicted octanol–water partition coefficient (Wildman–Crippen LogP) is 2.97. The standard InChI is InChI=1S/C19H19ClN2O4S/c1-13(23)15-11-14(20)4-5-16(15)26-12-18(24)21-6-8-22(9-7-21)19(25)17-3-2-10-27-17/h2-5,10-11H,6-9,12H2,1H3. The number of thiophene rings is 1. The number of hydrogen-bond donors (Lipinski definition) is 0. The van der Waals surface area contributed by atoms with Crippen LogP contribution in [0.4, 0.5) is 0 Å². The van der Waals surface area contributed by atoms with Crippen LogP contribution in [0.15, 0.2) is 35.7 Å². The van der Waals surface area contributed by atoms with Crippen molar-refractivity contribution in [3.8, 4) is 5.75 Å². The number of carbonyl (C=O) groups excluding carboxylic acids is 3. The number of rotatable bonds is 5. The molecule has 1 aromatic heterocycles. The molecule has 1 aliphatic rings. The van der Waals surface area contributed by atoms with Crippen LogP contribution in [0.3, 0.4) is 0 Å². The van der Waals surface area contributed by atoms with Gasteiger partial charge in [0.25, 0.3) is 11.8 Å². The molecule has 1 aromatic carbocycles. The maximum Gasteiger partial charge on any atom is 0.264 e. The summed E-state index contributed by atoms with van der Waals surface area (Å²) in [5, 5.41) is 2.31. The van der Waals surface area contributed by atoms with Crippen LogP contribution >= 0.6 is 22.9 Å². The molecule has 0 atom stereocenters. The molecule has 0 unspecified atom stereocenters. The molecular weight excluding hydrogens is 388 g/mol. The van der Waals surface area contributed by atoms with Gasteiger partial charge in [0.1, 0.15) is 5.75 Å². The van der Waals surface area contributed by atoms with Crippen molar-refractivity contribution in [2.75, 3.05) is 32.8 Å². The summed E-state index contributed by atoms with van der Waals surface area (Å²) >= 11 is 7.32. The van der Waals surface area contributed by atoms with E-state index in [-0.39, 0.29) is 24.2 Å². The Hall–Kier alpha value is -2.38. The average molecular weight is 407 g/mol. The van der Waals surface area contributed by atoms with Gasteiger partial charge in [0, 0.05) is 31.2 Å². The first-order valence-electron chi connectivity index (χ1n) is 8.49. The Kier molecular flexibility index (Phi) is 6.13. The Morgan fingerprint density at radius 1 is 1.11 bits per heavy atom. The lowest BCUT2D eigenvalue weighted by Gasteiger charge is -2.34. The second-order valence-corrected chi connectivity index (χ2v) is 7.52. The molecule has 1 saturated heterocycles. The van der Waals surface area contributed by atoms with E-state index in [1.807, 2.05) is 11.4 Å². The van der Waals surface area contributed by atoms with E-state index in [2.05, 4.69) is 0 Å². The minimum absolute atomic E-state index is 0.000568. The van der Waals surface area contributed by atoms with Crippen molar-refractivity contribution >= 4 is 40.5 Å². The van der Waals surface area contributed by atoms with E-state index in [0.717, 1.165) is 0 Å². The first kappa shape index (κ1) is 19.4. The third kappa shape index (κ3) is 4.67. The lowest BCUT2D eigenvalue weighted by atomic mass is 10.1. The molecule has 0 saturated carbocycles. The van der Waals surface area contributed by atoms with Crippen LogP contribution < -0.4 is 4.74 Å². The van der Waals surface area contributed by atoms with E-state index < -0.39 is 0 Å². The first-order chi connectivity index (χ1) is 13.0. The number of nitrogens with zero attached hydrogens (tertiary/aromatic N) is 2. The van der Waals surface area contributed by atoms with Gasteiger partial charge < -0.3 is 14.5 Å². The van der Waals surface area contributed by atoms with Gasteiger partial charge >= 0.3 is 0 Å². The number of halogens is 1. The molecule has 0 N–H and O–H groups in total. The minimum atomic E-state index is -0.180. The summed E-state index contributed by atoms with van der Waals surface area (Å²) in [4.78, 5) is 40.6. The number of benzene rings is 1. The molecular formula is C19H19ClN2O4S. The Labute approximate surface area is 166 Å². The van der Waals surface area contributed by atoms with Gasteiger partial charge in [-0.05, 0) is 36.6 Å².